The Morgan fingerprint density at radius 2 is 1.81 bits per heavy atom. The van der Waals surface area contributed by atoms with Gasteiger partial charge in [-0.1, -0.05) is 6.07 Å². The number of nitrogens with one attached hydrogen (secondary N) is 2. The summed E-state index contributed by atoms with van der Waals surface area (Å²) < 4.78 is 35.8. The lowest BCUT2D eigenvalue weighted by Gasteiger charge is -2.59. The lowest BCUT2D eigenvalue weighted by molar-refractivity contribution is -0.164. The molecule has 280 valence electrons. The van der Waals surface area contributed by atoms with Gasteiger partial charge in [-0.25, -0.2) is 4.79 Å². The van der Waals surface area contributed by atoms with Crippen LogP contribution in [0.2, 0.25) is 0 Å². The molecule has 3 aromatic rings. The van der Waals surface area contributed by atoms with Gasteiger partial charge in [0.05, 0.1) is 37.6 Å². The summed E-state index contributed by atoms with van der Waals surface area (Å²) in [5.41, 5.74) is 4.27. The summed E-state index contributed by atoms with van der Waals surface area (Å²) in [7, 11) is 2.98. The molecule has 7 atom stereocenters. The first-order valence-corrected chi connectivity index (χ1v) is 18.7. The van der Waals surface area contributed by atoms with Gasteiger partial charge in [0.2, 0.25) is 6.79 Å². The van der Waals surface area contributed by atoms with Crippen molar-refractivity contribution in [2.45, 2.75) is 74.8 Å². The second kappa shape index (κ2) is 12.3. The zero-order valence-electron chi connectivity index (χ0n) is 29.9. The van der Waals surface area contributed by atoms with Crippen molar-refractivity contribution in [1.29, 1.82) is 0 Å². The highest BCUT2D eigenvalue weighted by molar-refractivity contribution is 7.99. The van der Waals surface area contributed by atoms with E-state index in [1.54, 1.807) is 12.1 Å². The Morgan fingerprint density at radius 1 is 1.02 bits per heavy atom. The third-order valence-corrected chi connectivity index (χ3v) is 13.2. The number of esters is 2. The molecule has 2 saturated heterocycles. The number of aliphatic hydroxyl groups excluding tert-OH is 1. The minimum absolute atomic E-state index is 0.0210. The van der Waals surface area contributed by atoms with Crippen LogP contribution in [0.15, 0.2) is 18.2 Å². The van der Waals surface area contributed by atoms with Gasteiger partial charge < -0.3 is 49.1 Å². The molecule has 53 heavy (non-hydrogen) atoms. The molecule has 14 nitrogen and oxygen atoms in total. The number of nitrogens with zero attached hydrogens (tertiary/aromatic N) is 1. The molecule has 0 saturated carbocycles. The van der Waals surface area contributed by atoms with Crippen molar-refractivity contribution < 1.29 is 53.3 Å². The standard InChI is InChI=1S/C38H41N3O11S/c1-15-8-19-9-21-36(45)41-22-12-49-37(46)38(20-11-24(47-4)23(43)10-18(20)6-7-39-38)13-53-35(29(41)28(40-21)25(19)30(44)31(15)48-5)27-26(22)34-33(50-14-51-34)16(2)32(27)52-17(3)42/h8,10-11,21-22,28-29,35-36,39-40,43-45H,6-7,9,12-14H2,1-5H3/t21-,22-,28?,29+,35+,36-,38+/m0/s1. The number of ether oxygens (including phenoxy) is 6. The Balaban J connectivity index is 1.31. The SMILES string of the molecule is COc1cc2c(cc1O)CCN[C@]21CS[C@@H]2c3c(OC(C)=O)c(C)c4c(c3[C@H](COC1=O)N1[C@@H]2C2N[C@@H](Cc3cc(C)c(OC)c(O)c32)[C@@H]1O)OCO4. The van der Waals surface area contributed by atoms with Crippen LogP contribution in [0.3, 0.4) is 0 Å². The highest BCUT2D eigenvalue weighted by Gasteiger charge is 2.60. The number of benzene rings is 3. The van der Waals surface area contributed by atoms with Gasteiger partial charge in [-0.05, 0) is 61.1 Å². The van der Waals surface area contributed by atoms with E-state index in [1.165, 1.54) is 32.9 Å². The Hall–Kier alpha value is -4.41. The van der Waals surface area contributed by atoms with Gasteiger partial charge >= 0.3 is 11.9 Å². The maximum atomic E-state index is 14.6. The number of phenols is 2. The summed E-state index contributed by atoms with van der Waals surface area (Å²) in [6.07, 6.45) is -0.0673. The first-order chi connectivity index (χ1) is 25.5. The molecule has 4 bridgehead atoms. The molecule has 2 fully saturated rings. The van der Waals surface area contributed by atoms with Gasteiger partial charge in [0.25, 0.3) is 0 Å². The van der Waals surface area contributed by atoms with Gasteiger partial charge in [0, 0.05) is 47.5 Å². The van der Waals surface area contributed by atoms with Crippen molar-refractivity contribution >= 4 is 23.7 Å². The molecule has 7 heterocycles. The molecule has 7 aliphatic heterocycles. The van der Waals surface area contributed by atoms with Gasteiger partial charge in [-0.3, -0.25) is 15.0 Å². The lowest BCUT2D eigenvalue weighted by Crippen LogP contribution is -2.69. The van der Waals surface area contributed by atoms with Crippen LogP contribution in [0.4, 0.5) is 0 Å². The number of rotatable bonds is 3. The Bertz CT molecular complexity index is 2090. The fraction of sp³-hybridized carbons (Fsp3) is 0.474. The Labute approximate surface area is 309 Å². The zero-order valence-corrected chi connectivity index (χ0v) is 30.7. The maximum Gasteiger partial charge on any atom is 0.331 e. The van der Waals surface area contributed by atoms with Gasteiger partial charge in [0.15, 0.2) is 40.0 Å². The van der Waals surface area contributed by atoms with E-state index in [-0.39, 0.29) is 36.4 Å². The van der Waals surface area contributed by atoms with Crippen molar-refractivity contribution in [3.05, 3.63) is 62.7 Å². The molecule has 3 aromatic carbocycles. The fourth-order valence-corrected chi connectivity index (χ4v) is 11.3. The molecule has 5 N–H and O–H groups in total. The highest BCUT2D eigenvalue weighted by atomic mass is 32.2. The van der Waals surface area contributed by atoms with Crippen LogP contribution in [0.1, 0.15) is 68.8 Å². The normalized spacial score (nSPS) is 29.4. The average molecular weight is 748 g/mol. The van der Waals surface area contributed by atoms with Crippen LogP contribution >= 0.6 is 11.8 Å². The van der Waals surface area contributed by atoms with E-state index in [0.717, 1.165) is 16.7 Å². The van der Waals surface area contributed by atoms with E-state index in [0.29, 0.717) is 70.2 Å². The summed E-state index contributed by atoms with van der Waals surface area (Å²) in [6, 6.07) is 2.99. The molecule has 0 aliphatic carbocycles. The molecule has 15 heteroatoms. The van der Waals surface area contributed by atoms with Crippen LogP contribution in [0.25, 0.3) is 0 Å². The van der Waals surface area contributed by atoms with E-state index in [4.69, 9.17) is 28.4 Å². The number of phenolic OH excluding ortho intramolecular Hbond substituents is 2. The Kier molecular flexibility index (Phi) is 7.98. The molecular formula is C38H41N3O11S. The highest BCUT2D eigenvalue weighted by Crippen LogP contribution is 2.63. The second-order valence-corrected chi connectivity index (χ2v) is 15.6. The van der Waals surface area contributed by atoms with Crippen molar-refractivity contribution in [1.82, 2.24) is 15.5 Å². The smallest absolute Gasteiger partial charge is 0.331 e. The fourth-order valence-electron chi connectivity index (χ4n) is 9.60. The molecular weight excluding hydrogens is 706 g/mol. The summed E-state index contributed by atoms with van der Waals surface area (Å²) in [6.45, 7) is 5.23. The predicted molar refractivity (Wildman–Crippen MR) is 190 cm³/mol. The first-order valence-electron chi connectivity index (χ1n) is 17.7. The van der Waals surface area contributed by atoms with E-state index in [2.05, 4.69) is 10.6 Å². The largest absolute Gasteiger partial charge is 0.504 e. The van der Waals surface area contributed by atoms with Crippen molar-refractivity contribution in [2.24, 2.45) is 0 Å². The molecule has 0 amide bonds. The zero-order chi connectivity index (χ0) is 37.1. The van der Waals surface area contributed by atoms with E-state index >= 15 is 0 Å². The van der Waals surface area contributed by atoms with Crippen LogP contribution in [-0.2, 0) is 32.7 Å². The Morgan fingerprint density at radius 3 is 2.57 bits per heavy atom. The molecule has 0 aromatic heterocycles. The third-order valence-electron chi connectivity index (χ3n) is 11.8. The number of carbonyl (C=O) groups is 2. The predicted octanol–water partition coefficient (Wildman–Crippen LogP) is 3.07. The maximum absolute atomic E-state index is 14.6. The molecule has 1 spiro atoms. The molecule has 0 radical (unpaired) electrons. The lowest BCUT2D eigenvalue weighted by atomic mass is 9.74. The van der Waals surface area contributed by atoms with Crippen LogP contribution < -0.4 is 34.3 Å². The molecule has 1 unspecified atom stereocenters. The van der Waals surface area contributed by atoms with Crippen molar-refractivity contribution in [3.8, 4) is 40.2 Å². The number of aliphatic hydroxyl groups is 1. The summed E-state index contributed by atoms with van der Waals surface area (Å²) in [5, 5.41) is 41.5. The molecule has 10 rings (SSSR count). The van der Waals surface area contributed by atoms with E-state index in [9.17, 15) is 24.9 Å². The first kappa shape index (κ1) is 34.4. The monoisotopic (exact) mass is 747 g/mol. The number of methoxy groups -OCH3 is 2. The summed E-state index contributed by atoms with van der Waals surface area (Å²) in [5.74, 6) is 0.890. The quantitative estimate of drug-likeness (QED) is 0.195. The molecule has 7 aliphatic rings. The minimum atomic E-state index is -1.36. The second-order valence-electron chi connectivity index (χ2n) is 14.5. The van der Waals surface area contributed by atoms with Crippen LogP contribution in [0, 0.1) is 13.8 Å². The summed E-state index contributed by atoms with van der Waals surface area (Å²) >= 11 is 1.45. The van der Waals surface area contributed by atoms with Gasteiger partial charge in [-0.15, -0.1) is 11.8 Å². The number of hydrogen-bond donors (Lipinski definition) is 5. The number of piperazine rings is 1. The topological polar surface area (TPSA) is 178 Å². The number of aromatic hydroxyl groups is 2. The number of fused-ring (bicyclic) bond motifs is 9. The average Bonchev–Trinajstić information content (AvgIpc) is 3.63. The number of thioether (sulfide) groups is 1. The van der Waals surface area contributed by atoms with Gasteiger partial charge in [0.1, 0.15) is 18.6 Å². The number of aryl methyl sites for hydroxylation is 1. The van der Waals surface area contributed by atoms with E-state index in [1.807, 2.05) is 24.8 Å². The number of carbonyl (C=O) groups excluding carboxylic acids is 2. The van der Waals surface area contributed by atoms with Gasteiger partial charge in [-0.2, -0.15) is 0 Å². The summed E-state index contributed by atoms with van der Waals surface area (Å²) in [4.78, 5) is 29.4. The van der Waals surface area contributed by atoms with Crippen molar-refractivity contribution in [2.75, 3.05) is 39.9 Å². The minimum Gasteiger partial charge on any atom is -0.504 e. The van der Waals surface area contributed by atoms with Crippen molar-refractivity contribution in [3.63, 3.8) is 0 Å². The third kappa shape index (κ3) is 4.80. The van der Waals surface area contributed by atoms with Crippen LogP contribution in [-0.4, -0.2) is 90.4 Å². The van der Waals surface area contributed by atoms with Crippen LogP contribution in [0.5, 0.6) is 40.2 Å². The number of hydrogen-bond acceptors (Lipinski definition) is 15. The van der Waals surface area contributed by atoms with E-state index < -0.39 is 53.1 Å².